The zero-order chi connectivity index (χ0) is 13.0. The number of terminal acetylenes is 1. The molecule has 0 saturated heterocycles. The summed E-state index contributed by atoms with van der Waals surface area (Å²) in [5.74, 6) is 3.65. The third kappa shape index (κ3) is 3.24. The largest absolute Gasteiger partial charge is 0.346 e. The highest BCUT2D eigenvalue weighted by Crippen LogP contribution is 2.20. The molecule has 1 aliphatic carbocycles. The Balaban J connectivity index is 2.05. The van der Waals surface area contributed by atoms with Gasteiger partial charge in [0.05, 0.1) is 6.54 Å². The topological polar surface area (TPSA) is 28.2 Å². The van der Waals surface area contributed by atoms with Crippen molar-refractivity contribution in [3.05, 3.63) is 23.4 Å². The number of aryl methyl sites for hydroxylation is 1. The Morgan fingerprint density at radius 3 is 2.83 bits per heavy atom. The van der Waals surface area contributed by atoms with Crippen molar-refractivity contribution >= 4 is 5.82 Å². The average molecular weight is 243 g/mol. The molecule has 2 rings (SSSR count). The second-order valence-electron chi connectivity index (χ2n) is 4.79. The second-order valence-corrected chi connectivity index (χ2v) is 4.79. The summed E-state index contributed by atoms with van der Waals surface area (Å²) in [4.78, 5) is 6.75. The van der Waals surface area contributed by atoms with E-state index in [0.29, 0.717) is 6.54 Å². The maximum Gasteiger partial charge on any atom is 0.129 e. The molecule has 0 spiro atoms. The van der Waals surface area contributed by atoms with Crippen molar-refractivity contribution in [3.8, 4) is 12.3 Å². The van der Waals surface area contributed by atoms with E-state index in [2.05, 4.69) is 47.1 Å². The van der Waals surface area contributed by atoms with Crippen molar-refractivity contribution in [2.45, 2.75) is 39.3 Å². The summed E-state index contributed by atoms with van der Waals surface area (Å²) in [5, 5.41) is 3.52. The van der Waals surface area contributed by atoms with E-state index in [1.54, 1.807) is 0 Å². The summed E-state index contributed by atoms with van der Waals surface area (Å²) in [5.41, 5.74) is 2.37. The third-order valence-corrected chi connectivity index (χ3v) is 3.33. The molecular weight excluding hydrogens is 222 g/mol. The molecule has 0 bridgehead atoms. The van der Waals surface area contributed by atoms with Crippen molar-refractivity contribution in [3.63, 3.8) is 0 Å². The molecule has 1 aromatic rings. The van der Waals surface area contributed by atoms with E-state index < -0.39 is 0 Å². The lowest BCUT2D eigenvalue weighted by atomic mass is 10.2. The summed E-state index contributed by atoms with van der Waals surface area (Å²) in [7, 11) is 0. The van der Waals surface area contributed by atoms with E-state index in [9.17, 15) is 0 Å². The van der Waals surface area contributed by atoms with Gasteiger partial charge in [0.2, 0.25) is 0 Å². The van der Waals surface area contributed by atoms with Crippen LogP contribution in [0.5, 0.6) is 0 Å². The number of pyridine rings is 1. The molecular formula is C15H21N3. The smallest absolute Gasteiger partial charge is 0.129 e. The molecule has 0 radical (unpaired) electrons. The number of hydrogen-bond acceptors (Lipinski definition) is 3. The molecule has 0 unspecified atom stereocenters. The normalized spacial score (nSPS) is 14.3. The van der Waals surface area contributed by atoms with Crippen molar-refractivity contribution < 1.29 is 0 Å². The average Bonchev–Trinajstić information content (AvgIpc) is 3.18. The molecule has 0 aromatic carbocycles. The standard InChI is InChI=1S/C15H21N3/c1-4-10-18(5-2)15-9-6-13(12(3)17-15)11-16-14-7-8-14/h1,6,9,14,16H,5,7-8,10-11H2,2-3H3. The van der Waals surface area contributed by atoms with Crippen molar-refractivity contribution in [2.24, 2.45) is 0 Å². The Labute approximate surface area is 110 Å². The Kier molecular flexibility index (Phi) is 4.22. The lowest BCUT2D eigenvalue weighted by Gasteiger charge is -2.20. The Bertz CT molecular complexity index is 444. The quantitative estimate of drug-likeness (QED) is 0.776. The number of nitrogens with zero attached hydrogens (tertiary/aromatic N) is 2. The van der Waals surface area contributed by atoms with Crippen LogP contribution in [0.25, 0.3) is 0 Å². The summed E-state index contributed by atoms with van der Waals surface area (Å²) in [6.07, 6.45) is 8.00. The zero-order valence-electron chi connectivity index (χ0n) is 11.2. The Hall–Kier alpha value is -1.53. The fourth-order valence-electron chi connectivity index (χ4n) is 1.95. The van der Waals surface area contributed by atoms with E-state index in [0.717, 1.165) is 30.6 Å². The van der Waals surface area contributed by atoms with Gasteiger partial charge in [0, 0.05) is 24.8 Å². The highest BCUT2D eigenvalue weighted by molar-refractivity contribution is 5.42. The van der Waals surface area contributed by atoms with Crippen LogP contribution in [0.2, 0.25) is 0 Å². The summed E-state index contributed by atoms with van der Waals surface area (Å²) in [6, 6.07) is 4.96. The van der Waals surface area contributed by atoms with E-state index in [4.69, 9.17) is 6.42 Å². The maximum atomic E-state index is 5.37. The van der Waals surface area contributed by atoms with Crippen LogP contribution in [0.1, 0.15) is 31.0 Å². The van der Waals surface area contributed by atoms with Gasteiger partial charge in [-0.3, -0.25) is 0 Å². The van der Waals surface area contributed by atoms with Crippen LogP contribution in [0, 0.1) is 19.3 Å². The maximum absolute atomic E-state index is 5.37. The first-order valence-corrected chi connectivity index (χ1v) is 6.63. The first-order valence-electron chi connectivity index (χ1n) is 6.63. The van der Waals surface area contributed by atoms with Gasteiger partial charge >= 0.3 is 0 Å². The predicted octanol–water partition coefficient (Wildman–Crippen LogP) is 2.10. The number of rotatable bonds is 6. The molecule has 18 heavy (non-hydrogen) atoms. The minimum Gasteiger partial charge on any atom is -0.346 e. The minimum atomic E-state index is 0.614. The predicted molar refractivity (Wildman–Crippen MR) is 75.6 cm³/mol. The highest BCUT2D eigenvalue weighted by atomic mass is 15.2. The van der Waals surface area contributed by atoms with Gasteiger partial charge in [0.25, 0.3) is 0 Å². The number of nitrogens with one attached hydrogen (secondary N) is 1. The van der Waals surface area contributed by atoms with Crippen LogP contribution in [0.3, 0.4) is 0 Å². The van der Waals surface area contributed by atoms with Crippen molar-refractivity contribution in [2.75, 3.05) is 18.0 Å². The molecule has 1 aromatic heterocycles. The van der Waals surface area contributed by atoms with Gasteiger partial charge in [0.15, 0.2) is 0 Å². The highest BCUT2D eigenvalue weighted by Gasteiger charge is 2.20. The SMILES string of the molecule is C#CCN(CC)c1ccc(CNC2CC2)c(C)n1. The molecule has 1 fully saturated rings. The molecule has 0 aliphatic heterocycles. The molecule has 3 heteroatoms. The second kappa shape index (κ2) is 5.88. The van der Waals surface area contributed by atoms with Gasteiger partial charge in [-0.15, -0.1) is 6.42 Å². The fourth-order valence-corrected chi connectivity index (χ4v) is 1.95. The van der Waals surface area contributed by atoms with Gasteiger partial charge in [-0.1, -0.05) is 12.0 Å². The molecule has 1 saturated carbocycles. The van der Waals surface area contributed by atoms with E-state index >= 15 is 0 Å². The van der Waals surface area contributed by atoms with E-state index in [1.165, 1.54) is 18.4 Å². The Morgan fingerprint density at radius 1 is 1.50 bits per heavy atom. The van der Waals surface area contributed by atoms with Gasteiger partial charge in [0.1, 0.15) is 5.82 Å². The van der Waals surface area contributed by atoms with Crippen LogP contribution in [0.4, 0.5) is 5.82 Å². The number of aromatic nitrogens is 1. The number of hydrogen-bond donors (Lipinski definition) is 1. The lowest BCUT2D eigenvalue weighted by Crippen LogP contribution is -2.24. The third-order valence-electron chi connectivity index (χ3n) is 3.33. The molecule has 1 aliphatic rings. The monoisotopic (exact) mass is 243 g/mol. The van der Waals surface area contributed by atoms with Crippen LogP contribution >= 0.6 is 0 Å². The molecule has 3 nitrogen and oxygen atoms in total. The van der Waals surface area contributed by atoms with E-state index in [-0.39, 0.29) is 0 Å². The molecule has 1 N–H and O–H groups in total. The molecule has 0 amide bonds. The van der Waals surface area contributed by atoms with Crippen LogP contribution in [0.15, 0.2) is 12.1 Å². The molecule has 96 valence electrons. The minimum absolute atomic E-state index is 0.614. The van der Waals surface area contributed by atoms with Crippen LogP contribution in [-0.4, -0.2) is 24.1 Å². The van der Waals surface area contributed by atoms with E-state index in [1.807, 2.05) is 0 Å². The Morgan fingerprint density at radius 2 is 2.28 bits per heavy atom. The molecule has 0 atom stereocenters. The van der Waals surface area contributed by atoms with Crippen molar-refractivity contribution in [1.82, 2.24) is 10.3 Å². The fraction of sp³-hybridized carbons (Fsp3) is 0.533. The zero-order valence-corrected chi connectivity index (χ0v) is 11.2. The molecule has 1 heterocycles. The van der Waals surface area contributed by atoms with Crippen LogP contribution < -0.4 is 10.2 Å². The summed E-state index contributed by atoms with van der Waals surface area (Å²) >= 11 is 0. The first-order chi connectivity index (χ1) is 8.74. The van der Waals surface area contributed by atoms with Gasteiger partial charge in [-0.25, -0.2) is 4.98 Å². The van der Waals surface area contributed by atoms with Gasteiger partial charge < -0.3 is 10.2 Å². The summed E-state index contributed by atoms with van der Waals surface area (Å²) < 4.78 is 0. The first kappa shape index (κ1) is 12.9. The van der Waals surface area contributed by atoms with Gasteiger partial charge in [-0.05, 0) is 38.3 Å². The number of anilines is 1. The lowest BCUT2D eigenvalue weighted by molar-refractivity contribution is 0.682. The summed E-state index contributed by atoms with van der Waals surface area (Å²) in [6.45, 7) is 6.58. The van der Waals surface area contributed by atoms with Crippen molar-refractivity contribution in [1.29, 1.82) is 0 Å². The van der Waals surface area contributed by atoms with Gasteiger partial charge in [-0.2, -0.15) is 0 Å². The van der Waals surface area contributed by atoms with Crippen LogP contribution in [-0.2, 0) is 6.54 Å².